The van der Waals surface area contributed by atoms with E-state index in [1.807, 2.05) is 12.3 Å². The second kappa shape index (κ2) is 4.04. The van der Waals surface area contributed by atoms with E-state index >= 15 is 0 Å². The summed E-state index contributed by atoms with van der Waals surface area (Å²) >= 11 is 0. The van der Waals surface area contributed by atoms with Crippen LogP contribution in [-0.4, -0.2) is 18.8 Å². The van der Waals surface area contributed by atoms with Gasteiger partial charge in [-0.2, -0.15) is 0 Å². The van der Waals surface area contributed by atoms with E-state index in [1.165, 1.54) is 18.1 Å². The minimum Gasteiger partial charge on any atom is -0.481 e. The van der Waals surface area contributed by atoms with E-state index in [4.69, 9.17) is 4.74 Å². The van der Waals surface area contributed by atoms with Gasteiger partial charge in [0.05, 0.1) is 7.11 Å². The van der Waals surface area contributed by atoms with Crippen LogP contribution in [-0.2, 0) is 0 Å². The van der Waals surface area contributed by atoms with Crippen LogP contribution in [0.5, 0.6) is 5.88 Å². The summed E-state index contributed by atoms with van der Waals surface area (Å²) in [5.74, 6) is 0.699. The van der Waals surface area contributed by atoms with E-state index < -0.39 is 0 Å². The Morgan fingerprint density at radius 2 is 1.71 bits per heavy atom. The Hall–Kier alpha value is -0.985. The molecule has 0 unspecified atom stereocenters. The van der Waals surface area contributed by atoms with Crippen LogP contribution in [0.4, 0.5) is 0 Å². The van der Waals surface area contributed by atoms with Crippen molar-refractivity contribution < 1.29 is 4.74 Å². The highest BCUT2D eigenvalue weighted by molar-refractivity contribution is 6.74. The van der Waals surface area contributed by atoms with Crippen LogP contribution in [0.25, 0.3) is 0 Å². The highest BCUT2D eigenvalue weighted by Crippen LogP contribution is 2.52. The zero-order chi connectivity index (χ0) is 12.7. The molecule has 1 aromatic heterocycles. The van der Waals surface area contributed by atoms with Gasteiger partial charge in [-0.1, -0.05) is 51.9 Å². The lowest BCUT2D eigenvalue weighted by atomic mass is 9.42. The van der Waals surface area contributed by atoms with Crippen molar-refractivity contribution in [2.45, 2.75) is 40.3 Å². The predicted molar refractivity (Wildman–Crippen MR) is 73.4 cm³/mol. The van der Waals surface area contributed by atoms with E-state index in [2.05, 4.69) is 38.7 Å². The second-order valence-corrected chi connectivity index (χ2v) is 6.51. The molecular formula is C14H22BNO. The molecule has 17 heavy (non-hydrogen) atoms. The maximum Gasteiger partial charge on any atom is 0.212 e. The summed E-state index contributed by atoms with van der Waals surface area (Å²) in [5.41, 5.74) is 2.15. The molecule has 1 fully saturated rings. The number of hydrogen-bond donors (Lipinski definition) is 0. The molecule has 0 aromatic carbocycles. The molecule has 0 saturated carbocycles. The van der Waals surface area contributed by atoms with Gasteiger partial charge in [0.1, 0.15) is 0 Å². The Morgan fingerprint density at radius 1 is 1.12 bits per heavy atom. The molecule has 2 nitrogen and oxygen atoms in total. The summed E-state index contributed by atoms with van der Waals surface area (Å²) in [6, 6.07) is 4.13. The summed E-state index contributed by atoms with van der Waals surface area (Å²) in [5, 5.41) is 0. The highest BCUT2D eigenvalue weighted by Gasteiger charge is 2.48. The second-order valence-electron chi connectivity index (χ2n) is 6.51. The van der Waals surface area contributed by atoms with Gasteiger partial charge in [-0.05, 0) is 16.9 Å². The van der Waals surface area contributed by atoms with Crippen molar-refractivity contribution in [3.63, 3.8) is 0 Å². The van der Waals surface area contributed by atoms with Crippen molar-refractivity contribution in [3.8, 4) is 5.88 Å². The summed E-state index contributed by atoms with van der Waals surface area (Å²) in [6.07, 6.45) is 4.46. The van der Waals surface area contributed by atoms with Crippen LogP contribution in [0.2, 0.25) is 12.6 Å². The molecule has 0 atom stereocenters. The summed E-state index contributed by atoms with van der Waals surface area (Å²) < 4.78 is 5.10. The smallest absolute Gasteiger partial charge is 0.212 e. The third-order valence-electron chi connectivity index (χ3n) is 4.79. The van der Waals surface area contributed by atoms with Gasteiger partial charge in [0, 0.05) is 6.20 Å². The Balaban J connectivity index is 2.20. The van der Waals surface area contributed by atoms with Crippen molar-refractivity contribution >= 4 is 12.2 Å². The molecule has 2 rings (SSSR count). The van der Waals surface area contributed by atoms with Gasteiger partial charge in [0.15, 0.2) is 6.71 Å². The predicted octanol–water partition coefficient (Wildman–Crippen LogP) is 2.86. The van der Waals surface area contributed by atoms with Crippen molar-refractivity contribution in [2.24, 2.45) is 10.8 Å². The largest absolute Gasteiger partial charge is 0.481 e. The summed E-state index contributed by atoms with van der Waals surface area (Å²) in [6.45, 7) is 10.2. The average molecular weight is 231 g/mol. The van der Waals surface area contributed by atoms with Crippen LogP contribution in [0.15, 0.2) is 18.3 Å². The van der Waals surface area contributed by atoms with E-state index in [1.54, 1.807) is 7.11 Å². The number of hydrogen-bond acceptors (Lipinski definition) is 2. The number of aromatic nitrogens is 1. The molecule has 1 aromatic rings. The van der Waals surface area contributed by atoms with Gasteiger partial charge in [-0.25, -0.2) is 4.98 Å². The maximum atomic E-state index is 5.10. The number of pyridine rings is 1. The van der Waals surface area contributed by atoms with E-state index in [0.717, 1.165) is 0 Å². The van der Waals surface area contributed by atoms with E-state index in [0.29, 0.717) is 23.4 Å². The number of nitrogens with zero attached hydrogens (tertiary/aromatic N) is 1. The van der Waals surface area contributed by atoms with E-state index in [-0.39, 0.29) is 0 Å². The average Bonchev–Trinajstić information content (AvgIpc) is 2.48. The van der Waals surface area contributed by atoms with Gasteiger partial charge in [0.25, 0.3) is 0 Å². The maximum absolute atomic E-state index is 5.10. The first-order valence-corrected chi connectivity index (χ1v) is 6.36. The number of rotatable bonds is 2. The zero-order valence-corrected chi connectivity index (χ0v) is 11.6. The standard InChI is InChI=1S/C14H22BNO/c1-13(2)9-15(10-14(13,3)4)11-6-7-12(17-5)16-8-11/h6-8H,9-10H2,1-5H3. The van der Waals surface area contributed by atoms with Crippen molar-refractivity contribution in [2.75, 3.05) is 7.11 Å². The molecule has 3 heteroatoms. The Morgan fingerprint density at radius 3 is 2.12 bits per heavy atom. The van der Waals surface area contributed by atoms with Gasteiger partial charge >= 0.3 is 0 Å². The third-order valence-corrected chi connectivity index (χ3v) is 4.79. The topological polar surface area (TPSA) is 22.1 Å². The first-order valence-electron chi connectivity index (χ1n) is 6.36. The first-order chi connectivity index (χ1) is 7.86. The lowest BCUT2D eigenvalue weighted by Gasteiger charge is -2.35. The van der Waals surface area contributed by atoms with Crippen LogP contribution >= 0.6 is 0 Å². The fourth-order valence-electron chi connectivity index (χ4n) is 2.85. The first kappa shape index (κ1) is 12.5. The van der Waals surface area contributed by atoms with Crippen molar-refractivity contribution in [1.82, 2.24) is 4.98 Å². The highest BCUT2D eigenvalue weighted by atomic mass is 16.5. The van der Waals surface area contributed by atoms with Gasteiger partial charge in [0.2, 0.25) is 5.88 Å². The van der Waals surface area contributed by atoms with Crippen molar-refractivity contribution in [3.05, 3.63) is 18.3 Å². The molecule has 0 amide bonds. The fraction of sp³-hybridized carbons (Fsp3) is 0.643. The molecular weight excluding hydrogens is 209 g/mol. The molecule has 0 N–H and O–H groups in total. The molecule has 1 saturated heterocycles. The molecule has 0 aliphatic carbocycles. The molecule has 0 spiro atoms. The van der Waals surface area contributed by atoms with Gasteiger partial charge in [-0.3, -0.25) is 0 Å². The Kier molecular flexibility index (Phi) is 2.96. The Bertz CT molecular complexity index is 381. The normalized spacial score (nSPS) is 21.6. The third kappa shape index (κ3) is 2.20. The summed E-state index contributed by atoms with van der Waals surface area (Å²) in [4.78, 5) is 4.32. The molecule has 1 aliphatic heterocycles. The van der Waals surface area contributed by atoms with Gasteiger partial charge in [-0.15, -0.1) is 0 Å². The zero-order valence-electron chi connectivity index (χ0n) is 11.6. The molecule has 0 bridgehead atoms. The molecule has 92 valence electrons. The molecule has 2 heterocycles. The van der Waals surface area contributed by atoms with Crippen molar-refractivity contribution in [1.29, 1.82) is 0 Å². The van der Waals surface area contributed by atoms with Gasteiger partial charge < -0.3 is 4.74 Å². The lowest BCUT2D eigenvalue weighted by Crippen LogP contribution is -2.28. The van der Waals surface area contributed by atoms with Crippen LogP contribution < -0.4 is 10.2 Å². The number of methoxy groups -OCH3 is 1. The Labute approximate surface area is 105 Å². The molecule has 1 aliphatic rings. The summed E-state index contributed by atoms with van der Waals surface area (Å²) in [7, 11) is 1.66. The van der Waals surface area contributed by atoms with Crippen LogP contribution in [0.3, 0.4) is 0 Å². The number of ether oxygens (including phenoxy) is 1. The van der Waals surface area contributed by atoms with E-state index in [9.17, 15) is 0 Å². The fourth-order valence-corrected chi connectivity index (χ4v) is 2.85. The van der Waals surface area contributed by atoms with Crippen LogP contribution in [0, 0.1) is 10.8 Å². The monoisotopic (exact) mass is 231 g/mol. The molecule has 0 radical (unpaired) electrons. The minimum atomic E-state index is 0.400. The lowest BCUT2D eigenvalue weighted by molar-refractivity contribution is 0.177. The van der Waals surface area contributed by atoms with Crippen LogP contribution in [0.1, 0.15) is 27.7 Å². The SMILES string of the molecule is COc1ccc(B2CC(C)(C)C(C)(C)C2)cn1. The quantitative estimate of drug-likeness (QED) is 0.730. The minimum absolute atomic E-state index is 0.400.